The predicted octanol–water partition coefficient (Wildman–Crippen LogP) is 3.88. The number of hydrogen-bond acceptors (Lipinski definition) is 3. The zero-order valence-electron chi connectivity index (χ0n) is 13.8. The summed E-state index contributed by atoms with van der Waals surface area (Å²) in [5, 5.41) is 9.99. The van der Waals surface area contributed by atoms with Gasteiger partial charge >= 0.3 is 5.97 Å². The highest BCUT2D eigenvalue weighted by molar-refractivity contribution is 5.82. The van der Waals surface area contributed by atoms with E-state index in [4.69, 9.17) is 9.47 Å². The zero-order valence-corrected chi connectivity index (χ0v) is 13.8. The minimum Gasteiger partial charge on any atom is -0.496 e. The van der Waals surface area contributed by atoms with Crippen molar-refractivity contribution in [3.05, 3.63) is 29.3 Å². The largest absolute Gasteiger partial charge is 0.496 e. The van der Waals surface area contributed by atoms with E-state index in [9.17, 15) is 9.90 Å². The second kappa shape index (κ2) is 6.91. The summed E-state index contributed by atoms with van der Waals surface area (Å²) in [5.41, 5.74) is 1.32. The highest BCUT2D eigenvalue weighted by atomic mass is 16.5. The molecule has 2 aliphatic rings. The van der Waals surface area contributed by atoms with Crippen LogP contribution < -0.4 is 4.74 Å². The van der Waals surface area contributed by atoms with Crippen LogP contribution in [-0.4, -0.2) is 31.4 Å². The number of benzene rings is 1. The van der Waals surface area contributed by atoms with Gasteiger partial charge in [-0.15, -0.1) is 0 Å². The van der Waals surface area contributed by atoms with E-state index in [1.165, 1.54) is 5.56 Å². The Morgan fingerprint density at radius 1 is 1.22 bits per heavy atom. The number of ether oxygens (including phenoxy) is 2. The lowest BCUT2D eigenvalue weighted by Crippen LogP contribution is -2.38. The quantitative estimate of drug-likeness (QED) is 0.915. The Hall–Kier alpha value is -1.55. The predicted molar refractivity (Wildman–Crippen MR) is 88.2 cm³/mol. The summed E-state index contributed by atoms with van der Waals surface area (Å²) in [4.78, 5) is 12.2. The van der Waals surface area contributed by atoms with Gasteiger partial charge in [-0.2, -0.15) is 0 Å². The number of rotatable bonds is 4. The molecule has 0 radical (unpaired) electrons. The Labute approximate surface area is 137 Å². The first-order valence-electron chi connectivity index (χ1n) is 8.67. The van der Waals surface area contributed by atoms with Gasteiger partial charge in [0.2, 0.25) is 0 Å². The van der Waals surface area contributed by atoms with Crippen molar-refractivity contribution in [1.29, 1.82) is 0 Å². The summed E-state index contributed by atoms with van der Waals surface area (Å²) in [6, 6.07) is 6.16. The molecular weight excluding hydrogens is 292 g/mol. The molecule has 1 saturated heterocycles. The van der Waals surface area contributed by atoms with Crippen molar-refractivity contribution in [2.75, 3.05) is 20.3 Å². The average Bonchev–Trinajstić information content (AvgIpc) is 2.62. The number of hydrogen-bond donors (Lipinski definition) is 1. The maximum absolute atomic E-state index is 12.2. The fourth-order valence-electron chi connectivity index (χ4n) is 4.14. The fraction of sp³-hybridized carbons (Fsp3) is 0.632. The molecule has 1 saturated carbocycles. The molecule has 23 heavy (non-hydrogen) atoms. The van der Waals surface area contributed by atoms with E-state index in [0.717, 1.165) is 50.9 Å². The van der Waals surface area contributed by atoms with Crippen LogP contribution in [0, 0.1) is 0 Å². The van der Waals surface area contributed by atoms with Crippen LogP contribution in [0.15, 0.2) is 18.2 Å². The van der Waals surface area contributed by atoms with Gasteiger partial charge in [-0.3, -0.25) is 4.79 Å². The van der Waals surface area contributed by atoms with Crippen molar-refractivity contribution in [1.82, 2.24) is 0 Å². The fourth-order valence-corrected chi connectivity index (χ4v) is 4.14. The molecule has 1 heterocycles. The minimum absolute atomic E-state index is 0.461. The number of carbonyl (C=O) groups is 1. The van der Waals surface area contributed by atoms with Crippen molar-refractivity contribution in [2.45, 2.75) is 56.3 Å². The Balaban J connectivity index is 2.02. The third-order valence-corrected chi connectivity index (χ3v) is 5.55. The maximum atomic E-state index is 12.2. The highest BCUT2D eigenvalue weighted by Crippen LogP contribution is 2.45. The van der Waals surface area contributed by atoms with Crippen LogP contribution in [-0.2, 0) is 14.9 Å². The topological polar surface area (TPSA) is 55.8 Å². The van der Waals surface area contributed by atoms with E-state index in [0.29, 0.717) is 24.5 Å². The monoisotopic (exact) mass is 318 g/mol. The smallest absolute Gasteiger partial charge is 0.314 e. The van der Waals surface area contributed by atoms with Gasteiger partial charge in [0.15, 0.2) is 0 Å². The number of aliphatic carboxylic acids is 1. The molecule has 0 unspecified atom stereocenters. The lowest BCUT2D eigenvalue weighted by atomic mass is 9.68. The molecule has 1 N–H and O–H groups in total. The van der Waals surface area contributed by atoms with Gasteiger partial charge in [0.1, 0.15) is 5.75 Å². The van der Waals surface area contributed by atoms with Crippen molar-refractivity contribution in [2.24, 2.45) is 0 Å². The van der Waals surface area contributed by atoms with Gasteiger partial charge in [-0.25, -0.2) is 0 Å². The molecular formula is C19H26O4. The molecule has 1 aliphatic carbocycles. The van der Waals surface area contributed by atoms with E-state index in [2.05, 4.69) is 12.1 Å². The Morgan fingerprint density at radius 2 is 1.91 bits per heavy atom. The summed E-state index contributed by atoms with van der Waals surface area (Å²) in [5.74, 6) is 0.465. The molecule has 126 valence electrons. The SMILES string of the molecule is COc1ccc(C2CCOCC2)cc1C1(C(=O)O)CCCCC1. The molecule has 0 bridgehead atoms. The summed E-state index contributed by atoms with van der Waals surface area (Å²) >= 11 is 0. The average molecular weight is 318 g/mol. The molecule has 0 spiro atoms. The summed E-state index contributed by atoms with van der Waals surface area (Å²) < 4.78 is 11.0. The number of carboxylic acids is 1. The molecule has 1 aromatic carbocycles. The second-order valence-corrected chi connectivity index (χ2v) is 6.79. The number of methoxy groups -OCH3 is 1. The van der Waals surface area contributed by atoms with Crippen LogP contribution in [0.2, 0.25) is 0 Å². The molecule has 1 aliphatic heterocycles. The number of carboxylic acid groups (broad SMARTS) is 1. The van der Waals surface area contributed by atoms with Crippen LogP contribution in [0.3, 0.4) is 0 Å². The van der Waals surface area contributed by atoms with Gasteiger partial charge in [0.25, 0.3) is 0 Å². The van der Waals surface area contributed by atoms with E-state index >= 15 is 0 Å². The van der Waals surface area contributed by atoms with Gasteiger partial charge in [-0.05, 0) is 43.2 Å². The van der Waals surface area contributed by atoms with Crippen molar-refractivity contribution in [3.63, 3.8) is 0 Å². The standard InChI is InChI=1S/C19H26O4/c1-22-17-6-5-15(14-7-11-23-12-8-14)13-16(17)19(18(20)21)9-3-2-4-10-19/h5-6,13-14H,2-4,7-12H2,1H3,(H,20,21). The lowest BCUT2D eigenvalue weighted by Gasteiger charge is -2.35. The zero-order chi connectivity index (χ0) is 16.3. The highest BCUT2D eigenvalue weighted by Gasteiger charge is 2.43. The van der Waals surface area contributed by atoms with E-state index < -0.39 is 11.4 Å². The molecule has 2 fully saturated rings. The van der Waals surface area contributed by atoms with Crippen LogP contribution >= 0.6 is 0 Å². The molecule has 4 heteroatoms. The van der Waals surface area contributed by atoms with Crippen LogP contribution in [0.1, 0.15) is 62.0 Å². The van der Waals surface area contributed by atoms with Crippen molar-refractivity contribution >= 4 is 5.97 Å². The van der Waals surface area contributed by atoms with Gasteiger partial charge in [0.05, 0.1) is 12.5 Å². The van der Waals surface area contributed by atoms with Crippen LogP contribution in [0.5, 0.6) is 5.75 Å². The summed E-state index contributed by atoms with van der Waals surface area (Å²) in [6.07, 6.45) is 6.48. The molecule has 4 nitrogen and oxygen atoms in total. The first-order valence-corrected chi connectivity index (χ1v) is 8.67. The summed E-state index contributed by atoms with van der Waals surface area (Å²) in [6.45, 7) is 1.58. The third kappa shape index (κ3) is 3.09. The Bertz CT molecular complexity index is 554. The minimum atomic E-state index is -0.787. The normalized spacial score (nSPS) is 21.8. The van der Waals surface area contributed by atoms with Crippen molar-refractivity contribution < 1.29 is 19.4 Å². The van der Waals surface area contributed by atoms with Gasteiger partial charge < -0.3 is 14.6 Å². The van der Waals surface area contributed by atoms with Gasteiger partial charge in [-0.1, -0.05) is 31.4 Å². The molecule has 1 aromatic rings. The third-order valence-electron chi connectivity index (χ3n) is 5.55. The van der Waals surface area contributed by atoms with Gasteiger partial charge in [0, 0.05) is 18.8 Å². The maximum Gasteiger partial charge on any atom is 0.314 e. The summed E-state index contributed by atoms with van der Waals surface area (Å²) in [7, 11) is 1.63. The van der Waals surface area contributed by atoms with E-state index in [1.54, 1.807) is 7.11 Å². The lowest BCUT2D eigenvalue weighted by molar-refractivity contribution is -0.145. The van der Waals surface area contributed by atoms with Crippen molar-refractivity contribution in [3.8, 4) is 5.75 Å². The first kappa shape index (κ1) is 16.3. The molecule has 0 atom stereocenters. The molecule has 3 rings (SSSR count). The van der Waals surface area contributed by atoms with E-state index in [1.807, 2.05) is 6.07 Å². The van der Waals surface area contributed by atoms with E-state index in [-0.39, 0.29) is 0 Å². The molecule has 0 aromatic heterocycles. The van der Waals surface area contributed by atoms with Crippen LogP contribution in [0.4, 0.5) is 0 Å². The van der Waals surface area contributed by atoms with Crippen LogP contribution in [0.25, 0.3) is 0 Å². The Kier molecular flexibility index (Phi) is 4.90. The first-order chi connectivity index (χ1) is 11.2. The second-order valence-electron chi connectivity index (χ2n) is 6.79. The Morgan fingerprint density at radius 3 is 2.52 bits per heavy atom. The molecule has 0 amide bonds.